The minimum Gasteiger partial charge on any atom is -0.302 e. The van der Waals surface area contributed by atoms with Gasteiger partial charge in [-0.2, -0.15) is 0 Å². The number of hydrogen-bond donors (Lipinski definition) is 0. The summed E-state index contributed by atoms with van der Waals surface area (Å²) in [6, 6.07) is 7.05. The molecule has 0 unspecified atom stereocenters. The number of pyridine rings is 1. The molecule has 0 radical (unpaired) electrons. The van der Waals surface area contributed by atoms with Crippen molar-refractivity contribution in [2.75, 3.05) is 13.6 Å². The Labute approximate surface area is 167 Å². The summed E-state index contributed by atoms with van der Waals surface area (Å²) >= 11 is -0.147. The summed E-state index contributed by atoms with van der Waals surface area (Å²) < 4.78 is 27.5. The number of carbonyl (C=O) groups is 1. The highest BCUT2D eigenvalue weighted by Gasteiger charge is 2.19. The van der Waals surface area contributed by atoms with E-state index >= 15 is 0 Å². The van der Waals surface area contributed by atoms with Crippen LogP contribution in [0.15, 0.2) is 30.5 Å². The van der Waals surface area contributed by atoms with Gasteiger partial charge in [0.05, 0.1) is 5.52 Å². The molecule has 0 aliphatic carbocycles. The van der Waals surface area contributed by atoms with Crippen LogP contribution in [0.25, 0.3) is 11.0 Å². The van der Waals surface area contributed by atoms with E-state index in [1.165, 1.54) is 17.3 Å². The lowest BCUT2D eigenvalue weighted by molar-refractivity contribution is 0.111. The fraction of sp³-hybridized carbons (Fsp3) is 0.350. The molecule has 1 aliphatic heterocycles. The third-order valence-electron chi connectivity index (χ3n) is 4.72. The molecule has 148 valence electrons. The van der Waals surface area contributed by atoms with Gasteiger partial charge in [0.25, 0.3) is 0 Å². The van der Waals surface area contributed by atoms with E-state index in [2.05, 4.69) is 28.0 Å². The Hall–Kier alpha value is -2.32. The van der Waals surface area contributed by atoms with Crippen molar-refractivity contribution >= 4 is 29.7 Å². The summed E-state index contributed by atoms with van der Waals surface area (Å²) in [5.41, 5.74) is 3.79. The number of imidazole rings is 1. The summed E-state index contributed by atoms with van der Waals surface area (Å²) in [7, 11) is 2.15. The van der Waals surface area contributed by atoms with Crippen molar-refractivity contribution in [2.24, 2.45) is 0 Å². The number of fused-ring (bicyclic) bond motifs is 2. The molecule has 0 saturated carbocycles. The number of benzene rings is 1. The number of hydrogen-bond acceptors (Lipinski definition) is 5. The smallest absolute Gasteiger partial charge is 0.186 e. The maximum Gasteiger partial charge on any atom is 0.186 e. The molecule has 0 spiro atoms. The third kappa shape index (κ3) is 4.07. The highest BCUT2D eigenvalue weighted by atomic mass is 32.2. The van der Waals surface area contributed by atoms with Crippen LogP contribution in [0, 0.1) is 5.82 Å². The monoisotopic (exact) mass is 404 g/mol. The zero-order chi connectivity index (χ0) is 20.3. The van der Waals surface area contributed by atoms with Gasteiger partial charge in [0.1, 0.15) is 5.52 Å². The van der Waals surface area contributed by atoms with Crippen molar-refractivity contribution in [3.8, 4) is 0 Å². The molecular formula is C20H22F2N4OS. The van der Waals surface area contributed by atoms with Crippen molar-refractivity contribution in [1.82, 2.24) is 18.8 Å². The van der Waals surface area contributed by atoms with E-state index < -0.39 is 5.82 Å². The van der Waals surface area contributed by atoms with E-state index in [-0.39, 0.29) is 29.6 Å². The molecule has 1 aliphatic rings. The molecule has 5 nitrogen and oxygen atoms in total. The molecule has 4 rings (SSSR count). The van der Waals surface area contributed by atoms with E-state index in [1.807, 2.05) is 26.1 Å². The molecule has 8 heteroatoms. The largest absolute Gasteiger partial charge is 0.302 e. The van der Waals surface area contributed by atoms with Gasteiger partial charge in [0, 0.05) is 31.4 Å². The van der Waals surface area contributed by atoms with Crippen LogP contribution in [0.5, 0.6) is 0 Å². The molecule has 0 fully saturated rings. The minimum absolute atomic E-state index is 0.0310. The van der Waals surface area contributed by atoms with Gasteiger partial charge in [-0.25, -0.2) is 13.3 Å². The first-order chi connectivity index (χ1) is 13.5. The van der Waals surface area contributed by atoms with Gasteiger partial charge in [-0.3, -0.25) is 9.78 Å². The average molecular weight is 404 g/mol. The number of aldehydes is 1. The van der Waals surface area contributed by atoms with Crippen LogP contribution in [0.2, 0.25) is 0 Å². The Morgan fingerprint density at radius 3 is 2.75 bits per heavy atom. The second-order valence-corrected chi connectivity index (χ2v) is 7.54. The topological polar surface area (TPSA) is 51.0 Å². The molecule has 0 atom stereocenters. The predicted octanol–water partition coefficient (Wildman–Crippen LogP) is 4.56. The Morgan fingerprint density at radius 2 is 2.07 bits per heavy atom. The highest BCUT2D eigenvalue weighted by molar-refractivity contribution is 7.93. The number of nitrogens with zero attached hydrogens (tertiary/aromatic N) is 4. The van der Waals surface area contributed by atoms with Crippen LogP contribution in [-0.2, 0) is 13.0 Å². The van der Waals surface area contributed by atoms with Crippen LogP contribution in [0.4, 0.5) is 8.28 Å². The minimum atomic E-state index is -0.555. The summed E-state index contributed by atoms with van der Waals surface area (Å²) in [6.07, 6.45) is 3.40. The van der Waals surface area contributed by atoms with Crippen LogP contribution in [0.1, 0.15) is 47.2 Å². The zero-order valence-corrected chi connectivity index (χ0v) is 16.8. The van der Waals surface area contributed by atoms with Gasteiger partial charge in [-0.1, -0.05) is 26.0 Å². The number of carbonyl (C=O) groups excluding carboxylic acids is 1. The highest BCUT2D eigenvalue weighted by Crippen LogP contribution is 2.31. The summed E-state index contributed by atoms with van der Waals surface area (Å²) in [4.78, 5) is 21.2. The van der Waals surface area contributed by atoms with Crippen LogP contribution in [-0.4, -0.2) is 38.7 Å². The number of aromatic nitrogens is 3. The normalized spacial score (nSPS) is 13.9. The van der Waals surface area contributed by atoms with Crippen LogP contribution < -0.4 is 0 Å². The molecule has 3 heterocycles. The molecule has 2 aromatic heterocycles. The average Bonchev–Trinajstić information content (AvgIpc) is 3.08. The third-order valence-corrected chi connectivity index (χ3v) is 5.23. The molecule has 0 N–H and O–H groups in total. The van der Waals surface area contributed by atoms with E-state index in [0.717, 1.165) is 29.0 Å². The lowest BCUT2D eigenvalue weighted by Crippen LogP contribution is -2.26. The van der Waals surface area contributed by atoms with Gasteiger partial charge in [-0.15, -0.1) is 3.89 Å². The summed E-state index contributed by atoms with van der Waals surface area (Å²) in [6.45, 7) is 6.02. The summed E-state index contributed by atoms with van der Waals surface area (Å²) in [5, 5.41) is 0. The molecule has 0 bridgehead atoms. The second kappa shape index (κ2) is 8.79. The summed E-state index contributed by atoms with van der Waals surface area (Å²) in [5.74, 6) is -0.597. The first-order valence-corrected chi connectivity index (χ1v) is 9.70. The fourth-order valence-corrected chi connectivity index (χ4v) is 3.70. The molecule has 0 amide bonds. The van der Waals surface area contributed by atoms with E-state index in [0.29, 0.717) is 11.8 Å². The van der Waals surface area contributed by atoms with Crippen molar-refractivity contribution in [1.29, 1.82) is 0 Å². The number of halogens is 2. The lowest BCUT2D eigenvalue weighted by Gasteiger charge is -2.23. The number of rotatable bonds is 3. The maximum atomic E-state index is 13.6. The quantitative estimate of drug-likeness (QED) is 0.599. The van der Waals surface area contributed by atoms with E-state index in [4.69, 9.17) is 0 Å². The van der Waals surface area contributed by atoms with E-state index in [1.54, 1.807) is 6.07 Å². The van der Waals surface area contributed by atoms with Gasteiger partial charge in [-0.05, 0) is 36.2 Å². The van der Waals surface area contributed by atoms with Gasteiger partial charge in [0.15, 0.2) is 30.3 Å². The van der Waals surface area contributed by atoms with Crippen molar-refractivity contribution in [3.63, 3.8) is 0 Å². The van der Waals surface area contributed by atoms with Crippen LogP contribution in [0.3, 0.4) is 0 Å². The SMILES string of the molecule is CC(C)c1ccc(F)c2nc(C=O)n(SF)c12.CN1CCc2ncccc2C1. The van der Waals surface area contributed by atoms with Crippen molar-refractivity contribution < 1.29 is 13.1 Å². The fourth-order valence-electron chi connectivity index (χ4n) is 3.28. The van der Waals surface area contributed by atoms with Crippen molar-refractivity contribution in [2.45, 2.75) is 32.7 Å². The first-order valence-electron chi connectivity index (χ1n) is 9.02. The Kier molecular flexibility index (Phi) is 6.41. The van der Waals surface area contributed by atoms with Gasteiger partial charge < -0.3 is 4.90 Å². The Bertz CT molecular complexity index is 990. The first kappa shape index (κ1) is 20.4. The zero-order valence-electron chi connectivity index (χ0n) is 16.0. The second-order valence-electron chi connectivity index (χ2n) is 7.04. The molecule has 28 heavy (non-hydrogen) atoms. The Morgan fingerprint density at radius 1 is 1.29 bits per heavy atom. The van der Waals surface area contributed by atoms with E-state index in [9.17, 15) is 13.1 Å². The molecule has 1 aromatic carbocycles. The maximum absolute atomic E-state index is 13.6. The van der Waals surface area contributed by atoms with Crippen molar-refractivity contribution in [3.05, 3.63) is 58.9 Å². The lowest BCUT2D eigenvalue weighted by atomic mass is 10.0. The molecule has 3 aromatic rings. The molecule has 0 saturated heterocycles. The number of likely N-dealkylation sites (N-methyl/N-ethyl adjacent to an activating group) is 1. The predicted molar refractivity (Wildman–Crippen MR) is 108 cm³/mol. The Balaban J connectivity index is 0.000000176. The molecular weight excluding hydrogens is 382 g/mol. The van der Waals surface area contributed by atoms with Gasteiger partial charge in [0.2, 0.25) is 0 Å². The van der Waals surface area contributed by atoms with Gasteiger partial charge >= 0.3 is 0 Å². The van der Waals surface area contributed by atoms with Crippen LogP contribution >= 0.6 is 12.3 Å². The standard InChI is InChI=1S/C11H10F2N2OS.C9H12N2/c1-6(2)7-3-4-8(12)10-11(7)15(17-13)9(5-16)14-10;1-11-6-4-9-8(7-11)3-2-5-10-9/h3-6H,1-2H3;2-3,5H,4,6-7H2,1H3.